The number of thiazole rings is 1. The first-order valence-electron chi connectivity index (χ1n) is 14.7. The van der Waals surface area contributed by atoms with Crippen LogP contribution in [0.15, 0.2) is 34.5 Å². The summed E-state index contributed by atoms with van der Waals surface area (Å²) in [6.45, 7) is 7.60. The van der Waals surface area contributed by atoms with E-state index < -0.39 is 36.5 Å². The Bertz CT molecular complexity index is 1430. The molecule has 1 fully saturated rings. The van der Waals surface area contributed by atoms with Crippen molar-refractivity contribution in [1.82, 2.24) is 4.98 Å². The molecule has 0 spiro atoms. The van der Waals surface area contributed by atoms with Crippen LogP contribution in [-0.4, -0.2) is 62.8 Å². The van der Waals surface area contributed by atoms with Gasteiger partial charge in [-0.3, -0.25) is 18.7 Å². The molecular formula is C29H47BrN2O10P2S2. The molecular weight excluding hydrogens is 742 g/mol. The van der Waals surface area contributed by atoms with Crippen LogP contribution >= 0.6 is 42.5 Å². The van der Waals surface area contributed by atoms with Gasteiger partial charge in [0.15, 0.2) is 20.4 Å². The van der Waals surface area contributed by atoms with Crippen LogP contribution in [-0.2, 0) is 46.7 Å². The number of nitrogens with zero attached hydrogens (tertiary/aromatic N) is 1. The van der Waals surface area contributed by atoms with Crippen LogP contribution in [0.25, 0.3) is 0 Å². The van der Waals surface area contributed by atoms with Crippen molar-refractivity contribution >= 4 is 74.3 Å². The predicted octanol–water partition coefficient (Wildman–Crippen LogP) is 7.55. The molecule has 46 heavy (non-hydrogen) atoms. The van der Waals surface area contributed by atoms with Crippen LogP contribution in [0.4, 0.5) is 5.13 Å². The summed E-state index contributed by atoms with van der Waals surface area (Å²) in [6.07, 6.45) is 6.32. The second-order valence-corrected chi connectivity index (χ2v) is 17.4. The van der Waals surface area contributed by atoms with E-state index in [-0.39, 0.29) is 55.4 Å². The molecule has 1 aromatic carbocycles. The number of carbonyl (C=O) groups excluding carboxylic acids is 2. The molecule has 1 aromatic heterocycles. The van der Waals surface area contributed by atoms with Gasteiger partial charge in [0.05, 0.1) is 42.6 Å². The highest BCUT2D eigenvalue weighted by atomic mass is 79.9. The largest absolute Gasteiger partial charge is 0.397 e. The van der Waals surface area contributed by atoms with Gasteiger partial charge < -0.3 is 23.4 Å². The number of nitrogens with one attached hydrogen (secondary N) is 1. The van der Waals surface area contributed by atoms with Crippen molar-refractivity contribution in [2.24, 2.45) is 5.92 Å². The van der Waals surface area contributed by atoms with Crippen LogP contribution in [0.1, 0.15) is 78.7 Å². The lowest BCUT2D eigenvalue weighted by Crippen LogP contribution is -2.23. The number of aromatic nitrogens is 1. The number of hydrogen-bond donors (Lipinski definition) is 1. The van der Waals surface area contributed by atoms with Crippen molar-refractivity contribution in [1.29, 1.82) is 0 Å². The van der Waals surface area contributed by atoms with Crippen molar-refractivity contribution in [2.45, 2.75) is 78.0 Å². The molecule has 17 heteroatoms. The summed E-state index contributed by atoms with van der Waals surface area (Å²) in [5, 5.41) is 4.74. The second kappa shape index (κ2) is 20.3. The molecule has 1 atom stereocenters. The summed E-state index contributed by atoms with van der Waals surface area (Å²) in [7, 11) is -10.3. The summed E-state index contributed by atoms with van der Waals surface area (Å²) >= 11 is 4.07. The number of rotatable bonds is 17. The summed E-state index contributed by atoms with van der Waals surface area (Å²) in [5.74, 6) is -0.226. The first-order valence-corrected chi connectivity index (χ1v) is 21.7. The summed E-state index contributed by atoms with van der Waals surface area (Å²) in [5.41, 5.74) is 0.403. The van der Waals surface area contributed by atoms with E-state index in [0.717, 1.165) is 48.8 Å². The Morgan fingerprint density at radius 3 is 1.96 bits per heavy atom. The van der Waals surface area contributed by atoms with Crippen molar-refractivity contribution in [3.05, 3.63) is 35.2 Å². The number of sulfone groups is 1. The first kappa shape index (κ1) is 42.7. The monoisotopic (exact) mass is 788 g/mol. The third-order valence-corrected chi connectivity index (χ3v) is 13.6. The van der Waals surface area contributed by atoms with Crippen LogP contribution < -0.4 is 10.8 Å². The quantitative estimate of drug-likeness (QED) is 0.124. The maximum absolute atomic E-state index is 13.3. The Balaban J connectivity index is 0.000000694. The number of carbonyl (C=O) groups is 2. The van der Waals surface area contributed by atoms with Gasteiger partial charge in [-0.2, -0.15) is 0 Å². The smallest absolute Gasteiger partial charge is 0.304 e. The lowest BCUT2D eigenvalue weighted by Gasteiger charge is -2.20. The van der Waals surface area contributed by atoms with Crippen LogP contribution in [0.2, 0.25) is 0 Å². The van der Waals surface area contributed by atoms with E-state index in [1.165, 1.54) is 0 Å². The molecule has 3 rings (SSSR count). The number of anilines is 1. The third kappa shape index (κ3) is 12.6. The highest BCUT2D eigenvalue weighted by Gasteiger charge is 2.33. The number of hydrogen-bond acceptors (Lipinski definition) is 12. The van der Waals surface area contributed by atoms with Crippen LogP contribution in [0.3, 0.4) is 0 Å². The Hall–Kier alpha value is -1.28. The van der Waals surface area contributed by atoms with E-state index in [1.807, 2.05) is 0 Å². The molecule has 0 saturated heterocycles. The van der Waals surface area contributed by atoms with Gasteiger partial charge >= 0.3 is 15.2 Å². The highest BCUT2D eigenvalue weighted by Crippen LogP contribution is 2.49. The second-order valence-electron chi connectivity index (χ2n) is 9.97. The molecule has 0 radical (unpaired) electrons. The van der Waals surface area contributed by atoms with Crippen molar-refractivity contribution in [3.8, 4) is 0 Å². The number of halogens is 1. The van der Waals surface area contributed by atoms with Gasteiger partial charge in [0.1, 0.15) is 0 Å². The number of amides is 1. The Morgan fingerprint density at radius 2 is 1.50 bits per heavy atom. The van der Waals surface area contributed by atoms with Gasteiger partial charge in [0, 0.05) is 11.6 Å². The minimum absolute atomic E-state index is 0. The molecule has 1 heterocycles. The first-order chi connectivity index (χ1) is 21.3. The minimum atomic E-state index is -3.53. The van der Waals surface area contributed by atoms with Crippen LogP contribution in [0, 0.1) is 5.92 Å². The molecule has 1 amide bonds. The SMILES string of the molecule is C.CCOP(=O)(OCC)C(=O)CBr.CCOP(=O)(OCC)c1csc(NC(=O)[C@H](CC2CCCC2)c2ccc(S(C)(=O)=O)cc2)n1. The topological polar surface area (TPSA) is 164 Å². The predicted molar refractivity (Wildman–Crippen MR) is 186 cm³/mol. The maximum atomic E-state index is 13.3. The molecule has 0 aliphatic heterocycles. The Morgan fingerprint density at radius 1 is 0.978 bits per heavy atom. The molecule has 1 N–H and O–H groups in total. The standard InChI is InChI=1S/C22H31N2O6PS2.C6H12BrO4P.CH4/c1-4-29-31(26,30-5-2)20-15-32-22(23-20)24-21(25)19(14-16-8-6-7-9-16)17-10-12-18(13-11-17)33(3,27)28;1-3-10-12(9,11-4-2)6(8)5-7;/h10-13,15-16,19H,4-9,14H2,1-3H3,(H,23,24,25);3-5H2,1-2H3;1H4/t19-;;/m1../s1. The Labute approximate surface area is 285 Å². The third-order valence-electron chi connectivity index (χ3n) is 6.69. The van der Waals surface area contributed by atoms with Crippen molar-refractivity contribution < 1.29 is 45.2 Å². The molecule has 262 valence electrons. The fraction of sp³-hybridized carbons (Fsp3) is 0.621. The van der Waals surface area contributed by atoms with E-state index in [1.54, 1.807) is 57.3 Å². The zero-order chi connectivity index (χ0) is 33.7. The molecule has 0 unspecified atom stereocenters. The molecule has 1 aliphatic carbocycles. The van der Waals surface area contributed by atoms with Gasteiger partial charge in [-0.1, -0.05) is 61.2 Å². The number of alkyl halides is 1. The summed E-state index contributed by atoms with van der Waals surface area (Å²) in [4.78, 5) is 28.9. The normalized spacial score (nSPS) is 14.6. The summed E-state index contributed by atoms with van der Waals surface area (Å²) in [6, 6.07) is 6.51. The van der Waals surface area contributed by atoms with Gasteiger partial charge in [-0.05, 0) is 57.7 Å². The average Bonchev–Trinajstić information content (AvgIpc) is 3.69. The van der Waals surface area contributed by atoms with Crippen molar-refractivity contribution in [2.75, 3.05) is 43.3 Å². The molecule has 1 aliphatic rings. The van der Waals surface area contributed by atoms with E-state index in [4.69, 9.17) is 18.1 Å². The van der Waals surface area contributed by atoms with E-state index in [9.17, 15) is 27.1 Å². The van der Waals surface area contributed by atoms with Gasteiger partial charge in [0.25, 0.3) is 5.52 Å². The van der Waals surface area contributed by atoms with E-state index in [2.05, 4.69) is 26.2 Å². The molecule has 2 aromatic rings. The zero-order valence-corrected chi connectivity index (χ0v) is 31.2. The van der Waals surface area contributed by atoms with Gasteiger partial charge in [-0.15, -0.1) is 11.3 Å². The van der Waals surface area contributed by atoms with E-state index >= 15 is 0 Å². The highest BCUT2D eigenvalue weighted by molar-refractivity contribution is 9.09. The zero-order valence-electron chi connectivity index (χ0n) is 26.2. The van der Waals surface area contributed by atoms with Crippen LogP contribution in [0.5, 0.6) is 0 Å². The van der Waals surface area contributed by atoms with E-state index in [0.29, 0.717) is 17.5 Å². The molecule has 0 bridgehead atoms. The summed E-state index contributed by atoms with van der Waals surface area (Å²) < 4.78 is 68.3. The van der Waals surface area contributed by atoms with Crippen molar-refractivity contribution in [3.63, 3.8) is 0 Å². The fourth-order valence-corrected chi connectivity index (χ4v) is 9.97. The molecule has 1 saturated carbocycles. The average molecular weight is 790 g/mol. The lowest BCUT2D eigenvalue weighted by atomic mass is 9.87. The lowest BCUT2D eigenvalue weighted by molar-refractivity contribution is -0.118. The minimum Gasteiger partial charge on any atom is -0.304 e. The fourth-order valence-electron chi connectivity index (χ4n) is 4.67. The van der Waals surface area contributed by atoms with Gasteiger partial charge in [0.2, 0.25) is 5.91 Å². The Kier molecular flexibility index (Phi) is 18.8. The van der Waals surface area contributed by atoms with Gasteiger partial charge in [-0.25, -0.2) is 13.4 Å². The molecule has 12 nitrogen and oxygen atoms in total. The maximum Gasteiger partial charge on any atom is 0.397 e. The number of benzene rings is 1.